The fourth-order valence-corrected chi connectivity index (χ4v) is 1.75. The first kappa shape index (κ1) is 13.3. The Bertz CT molecular complexity index is 335. The molecule has 0 atom stereocenters. The van der Waals surface area contributed by atoms with Crippen molar-refractivity contribution >= 4 is 22.2 Å². The molecule has 0 saturated heterocycles. The monoisotopic (exact) mass is 290 g/mol. The summed E-state index contributed by atoms with van der Waals surface area (Å²) < 4.78 is 13.1. The third kappa shape index (κ3) is 3.70. The molecule has 0 amide bonds. The van der Waals surface area contributed by atoms with Crippen molar-refractivity contribution in [3.8, 4) is 0 Å². The van der Waals surface area contributed by atoms with Crippen LogP contribution in [-0.4, -0.2) is 35.3 Å². The van der Waals surface area contributed by atoms with Gasteiger partial charge in [-0.15, -0.1) is 0 Å². The number of aldehydes is 1. The summed E-state index contributed by atoms with van der Waals surface area (Å²) >= 11 is 3.22. The quantitative estimate of drug-likeness (QED) is 0.568. The molecule has 90 valence electrons. The summed E-state index contributed by atoms with van der Waals surface area (Å²) in [6.45, 7) is 5.38. The summed E-state index contributed by atoms with van der Waals surface area (Å²) in [5.74, 6) is 0.358. The lowest BCUT2D eigenvalue weighted by atomic mass is 10.5. The summed E-state index contributed by atoms with van der Waals surface area (Å²) in [5, 5.41) is 0. The van der Waals surface area contributed by atoms with E-state index in [2.05, 4.69) is 20.9 Å². The lowest BCUT2D eigenvalue weighted by Crippen LogP contribution is -2.24. The maximum Gasteiger partial charge on any atom is 0.185 e. The van der Waals surface area contributed by atoms with Crippen LogP contribution in [0.5, 0.6) is 0 Å². The Morgan fingerprint density at radius 1 is 1.50 bits per heavy atom. The first-order chi connectivity index (χ1) is 7.71. The van der Waals surface area contributed by atoms with E-state index in [1.54, 1.807) is 10.8 Å². The van der Waals surface area contributed by atoms with Gasteiger partial charge in [0.25, 0.3) is 0 Å². The van der Waals surface area contributed by atoms with Crippen LogP contribution in [0.25, 0.3) is 0 Å². The fraction of sp³-hybridized carbons (Fsp3) is 0.600. The van der Waals surface area contributed by atoms with Crippen molar-refractivity contribution in [2.75, 3.05) is 13.2 Å². The van der Waals surface area contributed by atoms with Crippen molar-refractivity contribution in [3.63, 3.8) is 0 Å². The Morgan fingerprint density at radius 2 is 2.12 bits per heavy atom. The molecule has 0 saturated carbocycles. The van der Waals surface area contributed by atoms with Crippen LogP contribution in [0, 0.1) is 0 Å². The molecule has 0 aliphatic heterocycles. The lowest BCUT2D eigenvalue weighted by Gasteiger charge is -2.17. The Labute approximate surface area is 103 Å². The maximum atomic E-state index is 10.8. The molecule has 0 spiro atoms. The number of nitrogens with zero attached hydrogens (tertiary/aromatic N) is 2. The minimum absolute atomic E-state index is 0.352. The molecule has 0 aliphatic carbocycles. The topological polar surface area (TPSA) is 53.4 Å². The van der Waals surface area contributed by atoms with Crippen LogP contribution in [0.2, 0.25) is 0 Å². The second kappa shape index (κ2) is 6.78. The van der Waals surface area contributed by atoms with E-state index in [9.17, 15) is 4.79 Å². The van der Waals surface area contributed by atoms with Gasteiger partial charge in [-0.25, -0.2) is 4.98 Å². The van der Waals surface area contributed by atoms with E-state index in [0.717, 1.165) is 0 Å². The zero-order chi connectivity index (χ0) is 12.0. The van der Waals surface area contributed by atoms with Crippen molar-refractivity contribution in [3.05, 3.63) is 16.6 Å². The van der Waals surface area contributed by atoms with Gasteiger partial charge in [-0.3, -0.25) is 4.79 Å². The van der Waals surface area contributed by atoms with Gasteiger partial charge in [0, 0.05) is 19.4 Å². The van der Waals surface area contributed by atoms with E-state index < -0.39 is 0 Å². The van der Waals surface area contributed by atoms with Crippen molar-refractivity contribution in [1.82, 2.24) is 9.55 Å². The van der Waals surface area contributed by atoms with E-state index in [1.165, 1.54) is 0 Å². The molecule has 0 radical (unpaired) electrons. The van der Waals surface area contributed by atoms with Gasteiger partial charge in [0.05, 0.1) is 6.54 Å². The minimum Gasteiger partial charge on any atom is -0.351 e. The molecule has 0 aromatic carbocycles. The van der Waals surface area contributed by atoms with E-state index in [0.29, 0.717) is 36.5 Å². The number of halogens is 1. The molecule has 0 N–H and O–H groups in total. The van der Waals surface area contributed by atoms with Crippen molar-refractivity contribution < 1.29 is 14.3 Å². The van der Waals surface area contributed by atoms with Crippen LogP contribution in [0.4, 0.5) is 0 Å². The number of rotatable bonds is 7. The average Bonchev–Trinajstić information content (AvgIpc) is 2.59. The van der Waals surface area contributed by atoms with E-state index in [4.69, 9.17) is 9.47 Å². The Kier molecular flexibility index (Phi) is 5.65. The first-order valence-corrected chi connectivity index (χ1v) is 5.91. The highest BCUT2D eigenvalue weighted by Crippen LogP contribution is 2.10. The molecule has 0 aliphatic rings. The highest BCUT2D eigenvalue weighted by Gasteiger charge is 2.12. The van der Waals surface area contributed by atoms with E-state index in [-0.39, 0.29) is 6.29 Å². The molecule has 1 aromatic rings. The van der Waals surface area contributed by atoms with Crippen LogP contribution < -0.4 is 0 Å². The average molecular weight is 291 g/mol. The van der Waals surface area contributed by atoms with Gasteiger partial charge in [-0.05, 0) is 29.8 Å². The molecule has 1 aromatic heterocycles. The number of ether oxygens (including phenoxy) is 2. The molecule has 6 heteroatoms. The second-order valence-corrected chi connectivity index (χ2v) is 3.84. The SMILES string of the molecule is CCOC(Cn1cc(Br)nc1C=O)OCC. The smallest absolute Gasteiger partial charge is 0.185 e. The molecule has 16 heavy (non-hydrogen) atoms. The third-order valence-electron chi connectivity index (χ3n) is 1.93. The van der Waals surface area contributed by atoms with Crippen molar-refractivity contribution in [2.45, 2.75) is 26.7 Å². The standard InChI is InChI=1S/C10H15BrN2O3/c1-3-15-10(16-4-2)6-13-5-8(11)12-9(13)7-14/h5,7,10H,3-4,6H2,1-2H3. The van der Waals surface area contributed by atoms with Gasteiger partial charge in [0.2, 0.25) is 0 Å². The number of hydrogen-bond acceptors (Lipinski definition) is 4. The number of carbonyl (C=O) groups is 1. The summed E-state index contributed by atoms with van der Waals surface area (Å²) in [7, 11) is 0. The van der Waals surface area contributed by atoms with Gasteiger partial charge < -0.3 is 14.0 Å². The predicted octanol–water partition coefficient (Wildman–Crippen LogP) is 1.86. The van der Waals surface area contributed by atoms with Crippen LogP contribution >= 0.6 is 15.9 Å². The summed E-state index contributed by atoms with van der Waals surface area (Å²) in [5.41, 5.74) is 0. The Morgan fingerprint density at radius 3 is 2.62 bits per heavy atom. The molecular weight excluding hydrogens is 276 g/mol. The highest BCUT2D eigenvalue weighted by molar-refractivity contribution is 9.10. The molecular formula is C10H15BrN2O3. The number of hydrogen-bond donors (Lipinski definition) is 0. The highest BCUT2D eigenvalue weighted by atomic mass is 79.9. The number of carbonyl (C=O) groups excluding carboxylic acids is 1. The Balaban J connectivity index is 2.71. The van der Waals surface area contributed by atoms with Crippen LogP contribution in [0.1, 0.15) is 24.5 Å². The van der Waals surface area contributed by atoms with Crippen LogP contribution in [0.15, 0.2) is 10.8 Å². The van der Waals surface area contributed by atoms with Crippen molar-refractivity contribution in [1.29, 1.82) is 0 Å². The fourth-order valence-electron chi connectivity index (χ4n) is 1.32. The third-order valence-corrected chi connectivity index (χ3v) is 2.32. The Hall–Kier alpha value is -0.720. The van der Waals surface area contributed by atoms with Crippen LogP contribution in [-0.2, 0) is 16.0 Å². The molecule has 1 rings (SSSR count). The molecule has 1 heterocycles. The summed E-state index contributed by atoms with van der Waals surface area (Å²) in [6, 6.07) is 0. The summed E-state index contributed by atoms with van der Waals surface area (Å²) in [4.78, 5) is 14.8. The van der Waals surface area contributed by atoms with Crippen LogP contribution in [0.3, 0.4) is 0 Å². The summed E-state index contributed by atoms with van der Waals surface area (Å²) in [6.07, 6.45) is 2.09. The second-order valence-electron chi connectivity index (χ2n) is 3.03. The van der Waals surface area contributed by atoms with Gasteiger partial charge in [0.1, 0.15) is 4.60 Å². The van der Waals surface area contributed by atoms with Gasteiger partial charge >= 0.3 is 0 Å². The zero-order valence-corrected chi connectivity index (χ0v) is 10.9. The number of aromatic nitrogens is 2. The van der Waals surface area contributed by atoms with E-state index in [1.807, 2.05) is 13.8 Å². The number of imidazole rings is 1. The van der Waals surface area contributed by atoms with Crippen molar-refractivity contribution in [2.24, 2.45) is 0 Å². The first-order valence-electron chi connectivity index (χ1n) is 5.12. The predicted molar refractivity (Wildman–Crippen MR) is 62.4 cm³/mol. The van der Waals surface area contributed by atoms with Gasteiger partial charge in [-0.1, -0.05) is 0 Å². The normalized spacial score (nSPS) is 11.0. The largest absolute Gasteiger partial charge is 0.351 e. The molecule has 5 nitrogen and oxygen atoms in total. The lowest BCUT2D eigenvalue weighted by molar-refractivity contribution is -0.143. The minimum atomic E-state index is -0.352. The molecule has 0 fully saturated rings. The van der Waals surface area contributed by atoms with Gasteiger partial charge in [0.15, 0.2) is 18.4 Å². The van der Waals surface area contributed by atoms with E-state index >= 15 is 0 Å². The molecule has 0 bridgehead atoms. The molecule has 0 unspecified atom stereocenters. The zero-order valence-electron chi connectivity index (χ0n) is 9.35. The maximum absolute atomic E-state index is 10.8. The van der Waals surface area contributed by atoms with Gasteiger partial charge in [-0.2, -0.15) is 0 Å².